The molecule has 1 aromatic heterocycles. The van der Waals surface area contributed by atoms with Gasteiger partial charge in [0.2, 0.25) is 0 Å². The Kier molecular flexibility index (Phi) is 3.51. The Morgan fingerprint density at radius 3 is 2.22 bits per heavy atom. The molecule has 0 aliphatic carbocycles. The topological polar surface area (TPSA) is 19.4 Å². The second kappa shape index (κ2) is 5.08. The minimum Gasteiger partial charge on any atom is -0.374 e. The van der Waals surface area contributed by atoms with Gasteiger partial charge in [-0.25, -0.2) is 4.98 Å². The van der Waals surface area contributed by atoms with Crippen LogP contribution in [0.25, 0.3) is 0 Å². The SMILES string of the molecule is Cc1ccnc(N(C)c2ccccc2)c1N(C)C. The van der Waals surface area contributed by atoms with E-state index in [1.165, 1.54) is 5.56 Å². The maximum Gasteiger partial charge on any atom is 0.156 e. The monoisotopic (exact) mass is 241 g/mol. The zero-order chi connectivity index (χ0) is 13.1. The maximum absolute atomic E-state index is 4.52. The number of rotatable bonds is 3. The largest absolute Gasteiger partial charge is 0.374 e. The molecule has 2 aromatic rings. The second-order valence-electron chi connectivity index (χ2n) is 4.59. The summed E-state index contributed by atoms with van der Waals surface area (Å²) in [7, 11) is 6.14. The minimum atomic E-state index is 0.978. The van der Waals surface area contributed by atoms with E-state index in [0.717, 1.165) is 17.2 Å². The smallest absolute Gasteiger partial charge is 0.156 e. The van der Waals surface area contributed by atoms with Gasteiger partial charge in [-0.2, -0.15) is 0 Å². The van der Waals surface area contributed by atoms with E-state index in [4.69, 9.17) is 0 Å². The summed E-state index contributed by atoms with van der Waals surface area (Å²) in [6, 6.07) is 12.3. The Bertz CT molecular complexity index is 521. The van der Waals surface area contributed by atoms with Gasteiger partial charge < -0.3 is 9.80 Å². The van der Waals surface area contributed by atoms with Crippen LogP contribution in [0.4, 0.5) is 17.2 Å². The van der Waals surface area contributed by atoms with Crippen LogP contribution < -0.4 is 9.80 Å². The Morgan fingerprint density at radius 2 is 1.61 bits per heavy atom. The Morgan fingerprint density at radius 1 is 0.944 bits per heavy atom. The van der Waals surface area contributed by atoms with E-state index in [0.29, 0.717) is 0 Å². The molecular formula is C15H19N3. The first-order valence-corrected chi connectivity index (χ1v) is 6.03. The molecule has 0 fully saturated rings. The van der Waals surface area contributed by atoms with Crippen molar-refractivity contribution in [3.63, 3.8) is 0 Å². The molecule has 3 heteroatoms. The number of benzene rings is 1. The number of pyridine rings is 1. The van der Waals surface area contributed by atoms with E-state index in [1.54, 1.807) is 0 Å². The fourth-order valence-electron chi connectivity index (χ4n) is 2.11. The van der Waals surface area contributed by atoms with Crippen molar-refractivity contribution in [2.75, 3.05) is 30.9 Å². The molecule has 1 heterocycles. The molecule has 0 bridgehead atoms. The molecule has 0 atom stereocenters. The zero-order valence-electron chi connectivity index (χ0n) is 11.4. The average Bonchev–Trinajstić information content (AvgIpc) is 2.38. The fourth-order valence-corrected chi connectivity index (χ4v) is 2.11. The summed E-state index contributed by atoms with van der Waals surface area (Å²) in [5.74, 6) is 0.978. The molecule has 0 aliphatic rings. The first-order chi connectivity index (χ1) is 8.61. The molecule has 0 unspecified atom stereocenters. The van der Waals surface area contributed by atoms with Crippen molar-refractivity contribution < 1.29 is 0 Å². The van der Waals surface area contributed by atoms with Gasteiger partial charge in [0.15, 0.2) is 5.82 Å². The van der Waals surface area contributed by atoms with Gasteiger partial charge >= 0.3 is 0 Å². The summed E-state index contributed by atoms with van der Waals surface area (Å²) in [4.78, 5) is 8.74. The molecule has 0 saturated carbocycles. The third-order valence-electron chi connectivity index (χ3n) is 3.02. The van der Waals surface area contributed by atoms with Crippen molar-refractivity contribution in [2.24, 2.45) is 0 Å². The van der Waals surface area contributed by atoms with Gasteiger partial charge in [0.1, 0.15) is 0 Å². The summed E-state index contributed by atoms with van der Waals surface area (Å²) >= 11 is 0. The van der Waals surface area contributed by atoms with Crippen LogP contribution in [0.1, 0.15) is 5.56 Å². The second-order valence-corrected chi connectivity index (χ2v) is 4.59. The van der Waals surface area contributed by atoms with Gasteiger partial charge in [0.05, 0.1) is 5.69 Å². The first kappa shape index (κ1) is 12.4. The molecule has 0 radical (unpaired) electrons. The first-order valence-electron chi connectivity index (χ1n) is 6.03. The summed E-state index contributed by atoms with van der Waals surface area (Å²) in [6.07, 6.45) is 1.86. The number of aryl methyl sites for hydroxylation is 1. The molecule has 0 N–H and O–H groups in total. The van der Waals surface area contributed by atoms with E-state index in [9.17, 15) is 0 Å². The molecule has 3 nitrogen and oxygen atoms in total. The maximum atomic E-state index is 4.52. The number of aromatic nitrogens is 1. The van der Waals surface area contributed by atoms with E-state index < -0.39 is 0 Å². The lowest BCUT2D eigenvalue weighted by molar-refractivity contribution is 1.05. The van der Waals surface area contributed by atoms with Crippen molar-refractivity contribution in [1.29, 1.82) is 0 Å². The van der Waals surface area contributed by atoms with Gasteiger partial charge in [-0.3, -0.25) is 0 Å². The average molecular weight is 241 g/mol. The predicted molar refractivity (Wildman–Crippen MR) is 77.8 cm³/mol. The van der Waals surface area contributed by atoms with Crippen LogP contribution in [0.5, 0.6) is 0 Å². The molecule has 18 heavy (non-hydrogen) atoms. The summed E-state index contributed by atoms with van der Waals surface area (Å²) in [6.45, 7) is 2.11. The van der Waals surface area contributed by atoms with Crippen LogP contribution in [-0.2, 0) is 0 Å². The van der Waals surface area contributed by atoms with Crippen molar-refractivity contribution in [1.82, 2.24) is 4.98 Å². The highest BCUT2D eigenvalue weighted by Gasteiger charge is 2.14. The van der Waals surface area contributed by atoms with Gasteiger partial charge in [0.25, 0.3) is 0 Å². The normalized spacial score (nSPS) is 10.2. The number of anilines is 3. The van der Waals surface area contributed by atoms with Crippen LogP contribution in [-0.4, -0.2) is 26.1 Å². The third-order valence-corrected chi connectivity index (χ3v) is 3.02. The highest BCUT2D eigenvalue weighted by Crippen LogP contribution is 2.32. The van der Waals surface area contributed by atoms with E-state index in [2.05, 4.69) is 33.8 Å². The van der Waals surface area contributed by atoms with Crippen LogP contribution in [0.2, 0.25) is 0 Å². The lowest BCUT2D eigenvalue weighted by Gasteiger charge is -2.26. The Balaban J connectivity index is 2.48. The lowest BCUT2D eigenvalue weighted by Crippen LogP contribution is -2.19. The van der Waals surface area contributed by atoms with Gasteiger partial charge in [-0.15, -0.1) is 0 Å². The van der Waals surface area contributed by atoms with E-state index in [-0.39, 0.29) is 0 Å². The summed E-state index contributed by atoms with van der Waals surface area (Å²) in [5, 5.41) is 0. The third kappa shape index (κ3) is 2.30. The summed E-state index contributed by atoms with van der Waals surface area (Å²) < 4.78 is 0. The van der Waals surface area contributed by atoms with Gasteiger partial charge in [0, 0.05) is 33.0 Å². The highest BCUT2D eigenvalue weighted by molar-refractivity contribution is 5.75. The van der Waals surface area contributed by atoms with Crippen LogP contribution in [0.3, 0.4) is 0 Å². The van der Waals surface area contributed by atoms with Gasteiger partial charge in [-0.1, -0.05) is 18.2 Å². The zero-order valence-corrected chi connectivity index (χ0v) is 11.4. The Hall–Kier alpha value is -2.03. The van der Waals surface area contributed by atoms with Crippen molar-refractivity contribution in [2.45, 2.75) is 6.92 Å². The van der Waals surface area contributed by atoms with Crippen molar-refractivity contribution in [3.05, 3.63) is 48.2 Å². The highest BCUT2D eigenvalue weighted by atomic mass is 15.2. The molecule has 0 aliphatic heterocycles. The van der Waals surface area contributed by atoms with Gasteiger partial charge in [-0.05, 0) is 30.7 Å². The molecule has 0 amide bonds. The standard InChI is InChI=1S/C15H19N3/c1-12-10-11-16-15(14(12)17(2)3)18(4)13-8-6-5-7-9-13/h5-11H,1-4H3. The van der Waals surface area contributed by atoms with Crippen LogP contribution >= 0.6 is 0 Å². The molecule has 0 spiro atoms. The number of hydrogen-bond acceptors (Lipinski definition) is 3. The van der Waals surface area contributed by atoms with E-state index >= 15 is 0 Å². The quantitative estimate of drug-likeness (QED) is 0.822. The minimum absolute atomic E-state index is 0.978. The predicted octanol–water partition coefficient (Wildman–Crippen LogP) is 3.22. The molecule has 0 saturated heterocycles. The fraction of sp³-hybridized carbons (Fsp3) is 0.267. The number of para-hydroxylation sites is 1. The molecule has 94 valence electrons. The molecule has 2 rings (SSSR count). The summed E-state index contributed by atoms with van der Waals surface area (Å²) in [5.41, 5.74) is 3.52. The van der Waals surface area contributed by atoms with Crippen LogP contribution in [0.15, 0.2) is 42.6 Å². The molecular weight excluding hydrogens is 222 g/mol. The number of nitrogens with zero attached hydrogens (tertiary/aromatic N) is 3. The van der Waals surface area contributed by atoms with E-state index in [1.807, 2.05) is 51.6 Å². The van der Waals surface area contributed by atoms with Crippen molar-refractivity contribution >= 4 is 17.2 Å². The molecule has 1 aromatic carbocycles. The number of hydrogen-bond donors (Lipinski definition) is 0. The van der Waals surface area contributed by atoms with Crippen molar-refractivity contribution in [3.8, 4) is 0 Å². The Labute approximate surface area is 109 Å². The van der Waals surface area contributed by atoms with Crippen LogP contribution in [0, 0.1) is 6.92 Å². The lowest BCUT2D eigenvalue weighted by atomic mass is 10.2.